The Morgan fingerprint density at radius 1 is 0.976 bits per heavy atom. The van der Waals surface area contributed by atoms with Crippen molar-refractivity contribution in [1.29, 1.82) is 0 Å². The number of methoxy groups -OCH3 is 1. The molecule has 0 saturated carbocycles. The highest BCUT2D eigenvalue weighted by Gasteiger charge is 2.43. The van der Waals surface area contributed by atoms with Crippen LogP contribution in [0.1, 0.15) is 41.6 Å². The van der Waals surface area contributed by atoms with Crippen molar-refractivity contribution in [2.75, 3.05) is 38.2 Å². The van der Waals surface area contributed by atoms with Crippen LogP contribution in [0.2, 0.25) is 5.02 Å². The standard InChI is InChI=1S/C32H35ClFN3O4S/c1-41-31-14-12-27(42(39,40)36-15-5-8-23(19-36)16-22-6-3-2-4-7-22)18-30(31)37-25-10-11-26(37)21-35(20-25)32(38)28-13-9-24(34)17-29(28)33/h2-4,6-7,9,12-14,17-18,23,25-26H,5,8,10-11,15-16,19-21H2,1H3. The molecule has 1 amide bonds. The Kier molecular flexibility index (Phi) is 8.18. The molecule has 3 aromatic rings. The summed E-state index contributed by atoms with van der Waals surface area (Å²) in [5.41, 5.74) is 2.24. The first-order valence-corrected chi connectivity index (χ1v) is 16.3. The second-order valence-electron chi connectivity index (χ2n) is 11.5. The number of hydrogen-bond donors (Lipinski definition) is 0. The van der Waals surface area contributed by atoms with Crippen molar-refractivity contribution in [3.63, 3.8) is 0 Å². The van der Waals surface area contributed by atoms with Crippen LogP contribution in [0.4, 0.5) is 10.1 Å². The van der Waals surface area contributed by atoms with Crippen molar-refractivity contribution in [3.05, 3.63) is 88.7 Å². The lowest BCUT2D eigenvalue weighted by Gasteiger charge is -2.43. The van der Waals surface area contributed by atoms with Crippen LogP contribution in [0, 0.1) is 11.7 Å². The summed E-state index contributed by atoms with van der Waals surface area (Å²) in [6, 6.07) is 19.2. The SMILES string of the molecule is COc1ccc(S(=O)(=O)N2CCCC(Cc3ccccc3)C2)cc1N1C2CCC1CN(C(=O)c1ccc(F)cc1Cl)C2. The normalized spacial score (nSPS) is 22.8. The highest BCUT2D eigenvalue weighted by molar-refractivity contribution is 7.89. The Morgan fingerprint density at radius 3 is 2.40 bits per heavy atom. The third-order valence-electron chi connectivity index (χ3n) is 8.85. The van der Waals surface area contributed by atoms with E-state index in [0.29, 0.717) is 31.9 Å². The smallest absolute Gasteiger partial charge is 0.255 e. The summed E-state index contributed by atoms with van der Waals surface area (Å²) in [4.78, 5) is 17.6. The van der Waals surface area contributed by atoms with Gasteiger partial charge in [-0.05, 0) is 80.0 Å². The second kappa shape index (κ2) is 11.9. The minimum atomic E-state index is -3.72. The minimum Gasteiger partial charge on any atom is -0.495 e. The molecule has 222 valence electrons. The van der Waals surface area contributed by atoms with Crippen LogP contribution in [0.3, 0.4) is 0 Å². The molecule has 3 atom stereocenters. The number of fused-ring (bicyclic) bond motifs is 2. The van der Waals surface area contributed by atoms with Gasteiger partial charge < -0.3 is 14.5 Å². The van der Waals surface area contributed by atoms with E-state index in [1.165, 1.54) is 17.7 Å². The van der Waals surface area contributed by atoms with E-state index in [2.05, 4.69) is 17.0 Å². The summed E-state index contributed by atoms with van der Waals surface area (Å²) >= 11 is 6.19. The number of hydrogen-bond acceptors (Lipinski definition) is 5. The molecule has 3 heterocycles. The molecule has 2 bridgehead atoms. The fourth-order valence-electron chi connectivity index (χ4n) is 6.84. The van der Waals surface area contributed by atoms with Crippen LogP contribution in [0.25, 0.3) is 0 Å². The zero-order chi connectivity index (χ0) is 29.4. The van der Waals surface area contributed by atoms with Gasteiger partial charge in [0.15, 0.2) is 0 Å². The van der Waals surface area contributed by atoms with Crippen molar-refractivity contribution < 1.29 is 22.3 Å². The number of amides is 1. The third kappa shape index (κ3) is 5.62. The Hall–Kier alpha value is -3.14. The van der Waals surface area contributed by atoms with Crippen LogP contribution < -0.4 is 9.64 Å². The first-order valence-electron chi connectivity index (χ1n) is 14.5. The average molecular weight is 612 g/mol. The largest absolute Gasteiger partial charge is 0.495 e. The van der Waals surface area contributed by atoms with E-state index in [9.17, 15) is 17.6 Å². The van der Waals surface area contributed by atoms with Gasteiger partial charge in [0.25, 0.3) is 5.91 Å². The van der Waals surface area contributed by atoms with Crippen LogP contribution in [0.15, 0.2) is 71.6 Å². The number of halogens is 2. The van der Waals surface area contributed by atoms with Crippen molar-refractivity contribution in [3.8, 4) is 5.75 Å². The highest BCUT2D eigenvalue weighted by Crippen LogP contribution is 2.42. The summed E-state index contributed by atoms with van der Waals surface area (Å²) in [5, 5.41) is 0.0954. The Labute approximate surface area is 251 Å². The van der Waals surface area contributed by atoms with Gasteiger partial charge in [-0.1, -0.05) is 41.9 Å². The van der Waals surface area contributed by atoms with Crippen molar-refractivity contribution >= 4 is 33.2 Å². The molecule has 3 aromatic carbocycles. The van der Waals surface area contributed by atoms with Gasteiger partial charge >= 0.3 is 0 Å². The monoisotopic (exact) mass is 611 g/mol. The van der Waals surface area contributed by atoms with Gasteiger partial charge in [0.1, 0.15) is 11.6 Å². The molecule has 6 rings (SSSR count). The number of ether oxygens (including phenoxy) is 1. The summed E-state index contributed by atoms with van der Waals surface area (Å²) in [6.45, 7) is 1.91. The van der Waals surface area contributed by atoms with Crippen molar-refractivity contribution in [2.24, 2.45) is 5.92 Å². The summed E-state index contributed by atoms with van der Waals surface area (Å²) in [5.74, 6) is 0.159. The molecule has 42 heavy (non-hydrogen) atoms. The van der Waals surface area contributed by atoms with Gasteiger partial charge in [-0.3, -0.25) is 4.79 Å². The number of piperazine rings is 1. The molecule has 3 fully saturated rings. The molecular formula is C32H35ClFN3O4S. The van der Waals surface area contributed by atoms with E-state index in [1.807, 2.05) is 18.2 Å². The molecule has 3 aliphatic heterocycles. The fraction of sp³-hybridized carbons (Fsp3) is 0.406. The van der Waals surface area contributed by atoms with Gasteiger partial charge in [-0.15, -0.1) is 0 Å². The van der Waals surface area contributed by atoms with Gasteiger partial charge in [-0.25, -0.2) is 12.8 Å². The first kappa shape index (κ1) is 29.0. The summed E-state index contributed by atoms with van der Waals surface area (Å²) < 4.78 is 48.8. The van der Waals surface area contributed by atoms with Gasteiger partial charge in [-0.2, -0.15) is 4.31 Å². The van der Waals surface area contributed by atoms with E-state index in [-0.39, 0.29) is 39.4 Å². The molecular weight excluding hydrogens is 577 g/mol. The highest BCUT2D eigenvalue weighted by atomic mass is 35.5. The maximum Gasteiger partial charge on any atom is 0.255 e. The van der Waals surface area contributed by atoms with Crippen LogP contribution in [-0.4, -0.2) is 68.9 Å². The van der Waals surface area contributed by atoms with Crippen molar-refractivity contribution in [2.45, 2.75) is 49.1 Å². The van der Waals surface area contributed by atoms with Gasteiger partial charge in [0.05, 0.1) is 28.3 Å². The number of nitrogens with zero attached hydrogens (tertiary/aromatic N) is 3. The second-order valence-corrected chi connectivity index (χ2v) is 13.9. The maximum absolute atomic E-state index is 13.9. The van der Waals surface area contributed by atoms with Gasteiger partial charge in [0, 0.05) is 38.3 Å². The Morgan fingerprint density at radius 2 is 1.71 bits per heavy atom. The van der Waals surface area contributed by atoms with E-state index in [4.69, 9.17) is 16.3 Å². The molecule has 0 radical (unpaired) electrons. The summed E-state index contributed by atoms with van der Waals surface area (Å²) in [7, 11) is -2.13. The minimum absolute atomic E-state index is 0.0102. The number of anilines is 1. The lowest BCUT2D eigenvalue weighted by atomic mass is 9.92. The van der Waals surface area contributed by atoms with E-state index >= 15 is 0 Å². The molecule has 7 nitrogen and oxygen atoms in total. The summed E-state index contributed by atoms with van der Waals surface area (Å²) in [6.07, 6.45) is 4.41. The van der Waals surface area contributed by atoms with Gasteiger partial charge in [0.2, 0.25) is 10.0 Å². The fourth-order valence-corrected chi connectivity index (χ4v) is 8.66. The number of carbonyl (C=O) groups is 1. The lowest BCUT2D eigenvalue weighted by Crippen LogP contribution is -2.55. The van der Waals surface area contributed by atoms with Crippen molar-refractivity contribution in [1.82, 2.24) is 9.21 Å². The zero-order valence-electron chi connectivity index (χ0n) is 23.6. The molecule has 0 N–H and O–H groups in total. The molecule has 0 spiro atoms. The van der Waals surface area contributed by atoms with Crippen LogP contribution in [0.5, 0.6) is 5.75 Å². The predicted molar refractivity (Wildman–Crippen MR) is 161 cm³/mol. The number of rotatable bonds is 7. The average Bonchev–Trinajstić information content (AvgIpc) is 3.25. The van der Waals surface area contributed by atoms with Crippen LogP contribution in [-0.2, 0) is 16.4 Å². The number of benzene rings is 3. The molecule has 10 heteroatoms. The number of piperidine rings is 1. The molecule has 0 aromatic heterocycles. The predicted octanol–water partition coefficient (Wildman–Crippen LogP) is 5.62. The molecule has 3 unspecified atom stereocenters. The molecule has 0 aliphatic carbocycles. The van der Waals surface area contributed by atoms with E-state index in [1.54, 1.807) is 34.5 Å². The quantitative estimate of drug-likeness (QED) is 0.347. The zero-order valence-corrected chi connectivity index (χ0v) is 25.2. The third-order valence-corrected chi connectivity index (χ3v) is 11.0. The first-order chi connectivity index (χ1) is 20.2. The van der Waals surface area contributed by atoms with E-state index in [0.717, 1.165) is 43.9 Å². The number of sulfonamides is 1. The Bertz CT molecular complexity index is 1560. The molecule has 3 saturated heterocycles. The lowest BCUT2D eigenvalue weighted by molar-refractivity contribution is 0.0718. The molecule has 3 aliphatic rings. The number of carbonyl (C=O) groups excluding carboxylic acids is 1. The Balaban J connectivity index is 1.22. The maximum atomic E-state index is 13.9. The number of likely N-dealkylation sites (tertiary alicyclic amines) is 1. The van der Waals surface area contributed by atoms with E-state index < -0.39 is 15.8 Å². The van der Waals surface area contributed by atoms with Crippen LogP contribution >= 0.6 is 11.6 Å². The topological polar surface area (TPSA) is 70.2 Å².